The lowest BCUT2D eigenvalue weighted by Gasteiger charge is -2.29. The molecule has 0 bridgehead atoms. The van der Waals surface area contributed by atoms with E-state index in [1.807, 2.05) is 12.1 Å². The molecule has 0 atom stereocenters. The average molecular weight is 287 g/mol. The third-order valence-corrected chi connectivity index (χ3v) is 5.00. The molecule has 0 unspecified atom stereocenters. The Labute approximate surface area is 117 Å². The Bertz CT molecular complexity index is 406. The minimum atomic E-state index is -0.549. The van der Waals surface area contributed by atoms with E-state index in [4.69, 9.17) is 16.3 Å². The van der Waals surface area contributed by atoms with Crippen molar-refractivity contribution in [2.24, 2.45) is 0 Å². The quantitative estimate of drug-likeness (QED) is 0.774. The number of hydrogen-bond donors (Lipinski definition) is 0. The van der Waals surface area contributed by atoms with Crippen LogP contribution in [0.2, 0.25) is 4.34 Å². The third kappa shape index (κ3) is 3.14. The molecule has 0 radical (unpaired) electrons. The smallest absolute Gasteiger partial charge is 0.169 e. The standard InChI is InChI=1S/C14H19ClO2S/c1-17-14(8-4-2-3-5-9-14)12(16)10-11-6-7-13(15)18-11/h6-7H,2-5,8-10H2,1H3. The van der Waals surface area contributed by atoms with E-state index in [1.165, 1.54) is 24.2 Å². The van der Waals surface area contributed by atoms with E-state index in [0.29, 0.717) is 6.42 Å². The SMILES string of the molecule is COC1(C(=O)Cc2ccc(Cl)s2)CCCCCC1. The molecule has 1 aliphatic rings. The predicted molar refractivity (Wildman–Crippen MR) is 75.5 cm³/mol. The first-order valence-electron chi connectivity index (χ1n) is 6.49. The fraction of sp³-hybridized carbons (Fsp3) is 0.643. The van der Waals surface area contributed by atoms with Crippen LogP contribution in [0.3, 0.4) is 0 Å². The summed E-state index contributed by atoms with van der Waals surface area (Å²) in [5.41, 5.74) is -0.549. The lowest BCUT2D eigenvalue weighted by molar-refractivity contribution is -0.142. The van der Waals surface area contributed by atoms with Crippen LogP contribution in [-0.2, 0) is 16.0 Å². The van der Waals surface area contributed by atoms with Crippen LogP contribution in [0.1, 0.15) is 43.4 Å². The van der Waals surface area contributed by atoms with Gasteiger partial charge in [0.25, 0.3) is 0 Å². The molecule has 0 N–H and O–H groups in total. The number of halogens is 1. The fourth-order valence-electron chi connectivity index (χ4n) is 2.66. The summed E-state index contributed by atoms with van der Waals surface area (Å²) < 4.78 is 6.36. The highest BCUT2D eigenvalue weighted by molar-refractivity contribution is 7.16. The normalized spacial score (nSPS) is 19.4. The minimum absolute atomic E-state index is 0.213. The molecule has 0 saturated heterocycles. The molecule has 1 aromatic heterocycles. The maximum atomic E-state index is 12.5. The molecule has 2 rings (SSSR count). The monoisotopic (exact) mass is 286 g/mol. The highest BCUT2D eigenvalue weighted by Crippen LogP contribution is 2.33. The van der Waals surface area contributed by atoms with Crippen molar-refractivity contribution in [1.82, 2.24) is 0 Å². The zero-order chi connectivity index (χ0) is 13.0. The van der Waals surface area contributed by atoms with E-state index in [-0.39, 0.29) is 5.78 Å². The van der Waals surface area contributed by atoms with Gasteiger partial charge in [-0.05, 0) is 25.0 Å². The number of carbonyl (C=O) groups excluding carboxylic acids is 1. The highest BCUT2D eigenvalue weighted by Gasteiger charge is 2.38. The lowest BCUT2D eigenvalue weighted by Crippen LogP contribution is -2.41. The summed E-state index contributed by atoms with van der Waals surface area (Å²) in [6, 6.07) is 3.78. The lowest BCUT2D eigenvalue weighted by atomic mass is 9.87. The van der Waals surface area contributed by atoms with Crippen molar-refractivity contribution in [2.45, 2.75) is 50.5 Å². The second kappa shape index (κ2) is 6.18. The van der Waals surface area contributed by atoms with Gasteiger partial charge in [0.1, 0.15) is 5.60 Å². The molecule has 2 nitrogen and oxygen atoms in total. The zero-order valence-electron chi connectivity index (χ0n) is 10.7. The molecular formula is C14H19ClO2S. The van der Waals surface area contributed by atoms with Crippen LogP contribution in [0, 0.1) is 0 Å². The number of Topliss-reactive ketones (excluding diaryl/α,β-unsaturated/α-hetero) is 1. The maximum absolute atomic E-state index is 12.5. The molecule has 18 heavy (non-hydrogen) atoms. The topological polar surface area (TPSA) is 26.3 Å². The Morgan fingerprint density at radius 3 is 2.50 bits per heavy atom. The molecular weight excluding hydrogens is 268 g/mol. The maximum Gasteiger partial charge on any atom is 0.169 e. The molecule has 0 spiro atoms. The number of thiophene rings is 1. The highest BCUT2D eigenvalue weighted by atomic mass is 35.5. The van der Waals surface area contributed by atoms with E-state index in [0.717, 1.165) is 34.9 Å². The van der Waals surface area contributed by atoms with Crippen LogP contribution >= 0.6 is 22.9 Å². The van der Waals surface area contributed by atoms with E-state index in [1.54, 1.807) is 7.11 Å². The van der Waals surface area contributed by atoms with Crippen LogP contribution < -0.4 is 0 Å². The van der Waals surface area contributed by atoms with Crippen molar-refractivity contribution < 1.29 is 9.53 Å². The van der Waals surface area contributed by atoms with Crippen molar-refractivity contribution in [3.05, 3.63) is 21.3 Å². The van der Waals surface area contributed by atoms with E-state index in [2.05, 4.69) is 0 Å². The average Bonchev–Trinajstić information content (AvgIpc) is 2.65. The first-order valence-corrected chi connectivity index (χ1v) is 7.68. The molecule has 1 saturated carbocycles. The molecule has 1 fully saturated rings. The van der Waals surface area contributed by atoms with Gasteiger partial charge in [0.2, 0.25) is 0 Å². The fourth-order valence-corrected chi connectivity index (χ4v) is 3.75. The van der Waals surface area contributed by atoms with Crippen molar-refractivity contribution in [2.75, 3.05) is 7.11 Å². The number of methoxy groups -OCH3 is 1. The first-order chi connectivity index (χ1) is 8.66. The summed E-state index contributed by atoms with van der Waals surface area (Å²) in [7, 11) is 1.67. The first kappa shape index (κ1) is 14.0. The Balaban J connectivity index is 2.08. The Morgan fingerprint density at radius 2 is 2.00 bits per heavy atom. The van der Waals surface area contributed by atoms with E-state index >= 15 is 0 Å². The Hall–Kier alpha value is -0.380. The van der Waals surface area contributed by atoms with E-state index < -0.39 is 5.60 Å². The summed E-state index contributed by atoms with van der Waals surface area (Å²) in [6.45, 7) is 0. The molecule has 0 amide bonds. The number of rotatable bonds is 4. The molecule has 1 aliphatic carbocycles. The molecule has 100 valence electrons. The van der Waals surface area contributed by atoms with Crippen molar-refractivity contribution in [3.8, 4) is 0 Å². The summed E-state index contributed by atoms with van der Waals surface area (Å²) in [5, 5.41) is 0. The van der Waals surface area contributed by atoms with Gasteiger partial charge in [0.15, 0.2) is 5.78 Å². The van der Waals surface area contributed by atoms with Gasteiger partial charge in [0.05, 0.1) is 4.34 Å². The zero-order valence-corrected chi connectivity index (χ0v) is 12.3. The van der Waals surface area contributed by atoms with Crippen LogP contribution in [0.15, 0.2) is 12.1 Å². The molecule has 1 heterocycles. The van der Waals surface area contributed by atoms with Gasteiger partial charge in [-0.15, -0.1) is 11.3 Å². The minimum Gasteiger partial charge on any atom is -0.370 e. The Kier molecular flexibility index (Phi) is 4.82. The number of carbonyl (C=O) groups is 1. The molecule has 1 aromatic rings. The third-order valence-electron chi connectivity index (χ3n) is 3.77. The van der Waals surface area contributed by atoms with E-state index in [9.17, 15) is 4.79 Å². The van der Waals surface area contributed by atoms with Gasteiger partial charge < -0.3 is 4.74 Å². The van der Waals surface area contributed by atoms with Crippen molar-refractivity contribution in [1.29, 1.82) is 0 Å². The van der Waals surface area contributed by atoms with Gasteiger partial charge >= 0.3 is 0 Å². The van der Waals surface area contributed by atoms with Gasteiger partial charge in [-0.1, -0.05) is 37.3 Å². The second-order valence-corrected chi connectivity index (χ2v) is 6.72. The predicted octanol–water partition coefficient (Wildman–Crippen LogP) is 4.25. The summed E-state index contributed by atoms with van der Waals surface area (Å²) in [4.78, 5) is 13.6. The van der Waals surface area contributed by atoms with Gasteiger partial charge in [-0.25, -0.2) is 0 Å². The summed E-state index contributed by atoms with van der Waals surface area (Å²) >= 11 is 7.38. The van der Waals surface area contributed by atoms with Crippen molar-refractivity contribution in [3.63, 3.8) is 0 Å². The van der Waals surface area contributed by atoms with Gasteiger partial charge in [-0.2, -0.15) is 0 Å². The van der Waals surface area contributed by atoms with Gasteiger partial charge in [-0.3, -0.25) is 4.79 Å². The van der Waals surface area contributed by atoms with Crippen LogP contribution in [0.4, 0.5) is 0 Å². The number of hydrogen-bond acceptors (Lipinski definition) is 3. The van der Waals surface area contributed by atoms with Crippen LogP contribution in [-0.4, -0.2) is 18.5 Å². The number of ether oxygens (including phenoxy) is 1. The molecule has 0 aliphatic heterocycles. The summed E-state index contributed by atoms with van der Waals surface area (Å²) in [5.74, 6) is 0.213. The Morgan fingerprint density at radius 1 is 1.33 bits per heavy atom. The second-order valence-electron chi connectivity index (χ2n) is 4.92. The van der Waals surface area contributed by atoms with Crippen LogP contribution in [0.5, 0.6) is 0 Å². The van der Waals surface area contributed by atoms with Gasteiger partial charge in [0, 0.05) is 18.4 Å². The number of ketones is 1. The van der Waals surface area contributed by atoms with Crippen molar-refractivity contribution >= 4 is 28.7 Å². The largest absolute Gasteiger partial charge is 0.370 e. The molecule has 0 aromatic carbocycles. The summed E-state index contributed by atoms with van der Waals surface area (Å²) in [6.07, 6.45) is 6.77. The van der Waals surface area contributed by atoms with Crippen LogP contribution in [0.25, 0.3) is 0 Å². The molecule has 4 heteroatoms.